The summed E-state index contributed by atoms with van der Waals surface area (Å²) in [4.78, 5) is 2.32. The second-order valence-electron chi connectivity index (χ2n) is 5.08. The van der Waals surface area contributed by atoms with Crippen LogP contribution in [0.1, 0.15) is 25.3 Å². The Balaban J connectivity index is 2.02. The highest BCUT2D eigenvalue weighted by Gasteiger charge is 2.31. The highest BCUT2D eigenvalue weighted by atomic mass is 35.5. The molecule has 1 aliphatic rings. The van der Waals surface area contributed by atoms with Crippen LogP contribution in [0.5, 0.6) is 0 Å². The minimum Gasteiger partial charge on any atom is -0.389 e. The summed E-state index contributed by atoms with van der Waals surface area (Å²) in [7, 11) is 0. The van der Waals surface area contributed by atoms with Gasteiger partial charge in [-0.05, 0) is 37.1 Å². The predicted octanol–water partition coefficient (Wildman–Crippen LogP) is 2.87. The van der Waals surface area contributed by atoms with Crippen LogP contribution in [0.2, 0.25) is 5.02 Å². The summed E-state index contributed by atoms with van der Waals surface area (Å²) in [5.74, 6) is -0.413. The Labute approximate surface area is 112 Å². The number of hydrogen-bond donors (Lipinski definition) is 1. The Morgan fingerprint density at radius 2 is 2.06 bits per heavy atom. The van der Waals surface area contributed by atoms with E-state index in [1.54, 1.807) is 12.1 Å². The van der Waals surface area contributed by atoms with Gasteiger partial charge in [0.2, 0.25) is 0 Å². The van der Waals surface area contributed by atoms with Crippen LogP contribution in [0.3, 0.4) is 0 Å². The second kappa shape index (κ2) is 5.55. The first-order valence-electron chi connectivity index (χ1n) is 6.41. The van der Waals surface area contributed by atoms with Crippen molar-refractivity contribution in [3.63, 3.8) is 0 Å². The molecule has 0 unspecified atom stereocenters. The lowest BCUT2D eigenvalue weighted by atomic mass is 9.85. The Hall–Kier alpha value is -0.640. The van der Waals surface area contributed by atoms with E-state index in [4.69, 9.17) is 11.6 Å². The smallest absolute Gasteiger partial charge is 0.142 e. The third kappa shape index (κ3) is 3.22. The molecule has 0 radical (unpaired) electrons. The van der Waals surface area contributed by atoms with Crippen LogP contribution >= 0.6 is 11.6 Å². The van der Waals surface area contributed by atoms with Crippen LogP contribution in [-0.2, 0) is 6.42 Å². The SMILES string of the molecule is CCN1CCC(O)(Cc2ccc(Cl)c(F)c2)CC1. The third-order valence-electron chi connectivity index (χ3n) is 3.75. The molecule has 1 heterocycles. The highest BCUT2D eigenvalue weighted by molar-refractivity contribution is 6.30. The Morgan fingerprint density at radius 3 is 2.61 bits per heavy atom. The van der Waals surface area contributed by atoms with Gasteiger partial charge in [0.15, 0.2) is 0 Å². The average Bonchev–Trinajstić information content (AvgIpc) is 2.35. The minimum absolute atomic E-state index is 0.131. The number of piperidine rings is 1. The van der Waals surface area contributed by atoms with Gasteiger partial charge in [-0.2, -0.15) is 0 Å². The van der Waals surface area contributed by atoms with Crippen molar-refractivity contribution < 1.29 is 9.50 Å². The number of hydrogen-bond acceptors (Lipinski definition) is 2. The maximum Gasteiger partial charge on any atom is 0.142 e. The van der Waals surface area contributed by atoms with E-state index >= 15 is 0 Å². The van der Waals surface area contributed by atoms with Crippen molar-refractivity contribution in [1.82, 2.24) is 4.90 Å². The van der Waals surface area contributed by atoms with Crippen molar-refractivity contribution in [1.29, 1.82) is 0 Å². The Bertz CT molecular complexity index is 416. The van der Waals surface area contributed by atoms with Gasteiger partial charge in [0.25, 0.3) is 0 Å². The molecule has 1 aromatic carbocycles. The molecule has 1 fully saturated rings. The molecule has 0 aliphatic carbocycles. The van der Waals surface area contributed by atoms with Gasteiger partial charge in [0, 0.05) is 19.5 Å². The van der Waals surface area contributed by atoms with E-state index in [9.17, 15) is 9.50 Å². The van der Waals surface area contributed by atoms with Crippen molar-refractivity contribution in [2.24, 2.45) is 0 Å². The fourth-order valence-corrected chi connectivity index (χ4v) is 2.61. The lowest BCUT2D eigenvalue weighted by Crippen LogP contribution is -2.45. The maximum atomic E-state index is 13.4. The molecule has 100 valence electrons. The lowest BCUT2D eigenvalue weighted by molar-refractivity contribution is -0.0194. The van der Waals surface area contributed by atoms with Gasteiger partial charge in [0.1, 0.15) is 5.82 Å². The van der Waals surface area contributed by atoms with E-state index in [1.807, 2.05) is 0 Å². The summed E-state index contributed by atoms with van der Waals surface area (Å²) in [5, 5.41) is 10.6. The van der Waals surface area contributed by atoms with Gasteiger partial charge in [-0.15, -0.1) is 0 Å². The third-order valence-corrected chi connectivity index (χ3v) is 4.06. The zero-order chi connectivity index (χ0) is 13.2. The molecule has 1 aliphatic heterocycles. The predicted molar refractivity (Wildman–Crippen MR) is 71.4 cm³/mol. The van der Waals surface area contributed by atoms with Crippen molar-refractivity contribution in [2.45, 2.75) is 31.8 Å². The fourth-order valence-electron chi connectivity index (χ4n) is 2.49. The van der Waals surface area contributed by atoms with Gasteiger partial charge in [-0.3, -0.25) is 0 Å². The molecular formula is C14H19ClFNO. The summed E-state index contributed by atoms with van der Waals surface area (Å²) >= 11 is 5.65. The number of halogens is 2. The van der Waals surface area contributed by atoms with Crippen LogP contribution in [-0.4, -0.2) is 35.2 Å². The Kier molecular flexibility index (Phi) is 4.25. The molecule has 18 heavy (non-hydrogen) atoms. The van der Waals surface area contributed by atoms with E-state index in [0.717, 1.165) is 38.0 Å². The summed E-state index contributed by atoms with van der Waals surface area (Å²) in [6.07, 6.45) is 1.98. The van der Waals surface area contributed by atoms with Gasteiger partial charge in [0.05, 0.1) is 10.6 Å². The maximum absolute atomic E-state index is 13.4. The number of nitrogens with zero attached hydrogens (tertiary/aromatic N) is 1. The van der Waals surface area contributed by atoms with Crippen molar-refractivity contribution in [3.8, 4) is 0 Å². The monoisotopic (exact) mass is 271 g/mol. The summed E-state index contributed by atoms with van der Waals surface area (Å²) in [6.45, 7) is 4.96. The number of aliphatic hydroxyl groups is 1. The molecule has 0 saturated carbocycles. The first-order chi connectivity index (χ1) is 8.52. The minimum atomic E-state index is -0.702. The standard InChI is InChI=1S/C14H19ClFNO/c1-2-17-7-5-14(18,6-8-17)10-11-3-4-12(15)13(16)9-11/h3-4,9,18H,2,5-8,10H2,1H3. The largest absolute Gasteiger partial charge is 0.389 e. The molecule has 2 nitrogen and oxygen atoms in total. The number of benzene rings is 1. The van der Waals surface area contributed by atoms with Crippen molar-refractivity contribution in [2.75, 3.05) is 19.6 Å². The van der Waals surface area contributed by atoms with Gasteiger partial charge < -0.3 is 10.0 Å². The quantitative estimate of drug-likeness (QED) is 0.914. The molecule has 1 saturated heterocycles. The van der Waals surface area contributed by atoms with Crippen molar-refractivity contribution in [3.05, 3.63) is 34.6 Å². The molecule has 0 aromatic heterocycles. The number of rotatable bonds is 3. The molecule has 1 N–H and O–H groups in total. The molecule has 0 spiro atoms. The molecule has 1 aromatic rings. The van der Waals surface area contributed by atoms with Crippen LogP contribution in [0.25, 0.3) is 0 Å². The van der Waals surface area contributed by atoms with E-state index in [-0.39, 0.29) is 5.02 Å². The first kappa shape index (κ1) is 13.8. The number of likely N-dealkylation sites (tertiary alicyclic amines) is 1. The second-order valence-corrected chi connectivity index (χ2v) is 5.49. The lowest BCUT2D eigenvalue weighted by Gasteiger charge is -2.38. The van der Waals surface area contributed by atoms with Gasteiger partial charge >= 0.3 is 0 Å². The summed E-state index contributed by atoms with van der Waals surface area (Å²) in [5.41, 5.74) is 0.107. The Morgan fingerprint density at radius 1 is 1.39 bits per heavy atom. The first-order valence-corrected chi connectivity index (χ1v) is 6.79. The zero-order valence-electron chi connectivity index (χ0n) is 10.6. The van der Waals surface area contributed by atoms with E-state index in [1.165, 1.54) is 6.07 Å². The van der Waals surface area contributed by atoms with Crippen LogP contribution in [0, 0.1) is 5.82 Å². The van der Waals surface area contributed by atoms with Crippen LogP contribution < -0.4 is 0 Å². The topological polar surface area (TPSA) is 23.5 Å². The zero-order valence-corrected chi connectivity index (χ0v) is 11.4. The van der Waals surface area contributed by atoms with Gasteiger partial charge in [-0.1, -0.05) is 24.6 Å². The normalized spacial score (nSPS) is 20.0. The van der Waals surface area contributed by atoms with E-state index in [0.29, 0.717) is 6.42 Å². The summed E-state index contributed by atoms with van der Waals surface area (Å²) in [6, 6.07) is 4.76. The molecule has 0 atom stereocenters. The van der Waals surface area contributed by atoms with Crippen LogP contribution in [0.4, 0.5) is 4.39 Å². The van der Waals surface area contributed by atoms with Crippen molar-refractivity contribution >= 4 is 11.6 Å². The molecule has 2 rings (SSSR count). The molecular weight excluding hydrogens is 253 g/mol. The molecule has 4 heteroatoms. The molecule has 0 bridgehead atoms. The van der Waals surface area contributed by atoms with Gasteiger partial charge in [-0.25, -0.2) is 4.39 Å². The van der Waals surface area contributed by atoms with Crippen LogP contribution in [0.15, 0.2) is 18.2 Å². The summed E-state index contributed by atoms with van der Waals surface area (Å²) < 4.78 is 13.4. The van der Waals surface area contributed by atoms with E-state index in [2.05, 4.69) is 11.8 Å². The average molecular weight is 272 g/mol. The fraction of sp³-hybridized carbons (Fsp3) is 0.571. The molecule has 0 amide bonds. The van der Waals surface area contributed by atoms with E-state index < -0.39 is 11.4 Å². The highest BCUT2D eigenvalue weighted by Crippen LogP contribution is 2.27.